The lowest BCUT2D eigenvalue weighted by molar-refractivity contribution is -0.114. The minimum Gasteiger partial charge on any atom is -0.493 e. The molecule has 4 nitrogen and oxygen atoms in total. The molecule has 0 bridgehead atoms. The van der Waals surface area contributed by atoms with Crippen molar-refractivity contribution in [2.75, 3.05) is 18.1 Å². The van der Waals surface area contributed by atoms with Gasteiger partial charge >= 0.3 is 0 Å². The molecule has 0 spiro atoms. The van der Waals surface area contributed by atoms with Crippen LogP contribution in [0.3, 0.4) is 0 Å². The summed E-state index contributed by atoms with van der Waals surface area (Å²) in [6.45, 7) is 3.05. The minimum absolute atomic E-state index is 0.421. The number of carbonyl (C=O) groups excluding carboxylic acids is 2. The number of hydrogen-bond donors (Lipinski definition) is 0. The van der Waals surface area contributed by atoms with Crippen molar-refractivity contribution >= 4 is 17.4 Å². The van der Waals surface area contributed by atoms with E-state index in [-0.39, 0.29) is 0 Å². The van der Waals surface area contributed by atoms with Crippen molar-refractivity contribution in [1.82, 2.24) is 0 Å². The predicted molar refractivity (Wildman–Crippen MR) is 58.0 cm³/mol. The highest BCUT2D eigenvalue weighted by Crippen LogP contribution is 2.37. The van der Waals surface area contributed by atoms with Crippen LogP contribution < -0.4 is 9.64 Å². The van der Waals surface area contributed by atoms with E-state index >= 15 is 0 Å². The summed E-state index contributed by atoms with van der Waals surface area (Å²) in [5, 5.41) is 0. The fourth-order valence-corrected chi connectivity index (χ4v) is 2.28. The van der Waals surface area contributed by atoms with E-state index in [4.69, 9.17) is 4.74 Å². The van der Waals surface area contributed by atoms with E-state index in [1.165, 1.54) is 4.90 Å². The Morgan fingerprint density at radius 1 is 1.38 bits per heavy atom. The molecule has 1 amide bonds. The van der Waals surface area contributed by atoms with Crippen molar-refractivity contribution < 1.29 is 14.3 Å². The lowest BCUT2D eigenvalue weighted by Gasteiger charge is -2.13. The van der Waals surface area contributed by atoms with Crippen LogP contribution in [0.1, 0.15) is 22.8 Å². The maximum atomic E-state index is 11.7. The number of benzene rings is 1. The van der Waals surface area contributed by atoms with E-state index in [1.54, 1.807) is 6.07 Å². The van der Waals surface area contributed by atoms with Gasteiger partial charge in [-0.05, 0) is 24.6 Å². The molecule has 2 aliphatic rings. The third kappa shape index (κ3) is 1.04. The van der Waals surface area contributed by atoms with Crippen molar-refractivity contribution in [3.8, 4) is 5.75 Å². The van der Waals surface area contributed by atoms with E-state index in [1.807, 2.05) is 13.0 Å². The fourth-order valence-electron chi connectivity index (χ4n) is 2.28. The van der Waals surface area contributed by atoms with Crippen LogP contribution in [0, 0.1) is 0 Å². The van der Waals surface area contributed by atoms with E-state index in [0.29, 0.717) is 18.7 Å². The molecule has 0 saturated carbocycles. The Kier molecular flexibility index (Phi) is 1.80. The second-order valence-electron chi connectivity index (χ2n) is 3.95. The molecule has 0 aromatic heterocycles. The van der Waals surface area contributed by atoms with Crippen LogP contribution in [0.25, 0.3) is 0 Å². The van der Waals surface area contributed by atoms with Crippen LogP contribution in [0.15, 0.2) is 12.1 Å². The number of Topliss-reactive ketones (excluding diaryl/α,β-unsaturated/α-hetero) is 1. The molecule has 0 radical (unpaired) electrons. The molecule has 1 aromatic rings. The van der Waals surface area contributed by atoms with Gasteiger partial charge in [0.2, 0.25) is 0 Å². The Labute approximate surface area is 92.8 Å². The third-order valence-corrected chi connectivity index (χ3v) is 3.10. The van der Waals surface area contributed by atoms with Crippen LogP contribution in [-0.2, 0) is 11.2 Å². The largest absolute Gasteiger partial charge is 0.493 e. The Bertz CT molecular complexity index is 507. The molecular formula is C12H11NO3. The van der Waals surface area contributed by atoms with E-state index in [2.05, 4.69) is 0 Å². The average Bonchev–Trinajstić information content (AvgIpc) is 2.82. The van der Waals surface area contributed by atoms with Crippen molar-refractivity contribution in [2.45, 2.75) is 13.3 Å². The quantitative estimate of drug-likeness (QED) is 0.663. The van der Waals surface area contributed by atoms with Gasteiger partial charge in [-0.15, -0.1) is 0 Å². The predicted octanol–water partition coefficient (Wildman–Crippen LogP) is 1.17. The average molecular weight is 217 g/mol. The number of amides is 1. The molecule has 0 unspecified atom stereocenters. The van der Waals surface area contributed by atoms with Crippen LogP contribution in [0.5, 0.6) is 5.75 Å². The summed E-state index contributed by atoms with van der Waals surface area (Å²) in [5.74, 6) is -0.103. The number of carbonyl (C=O) groups is 2. The summed E-state index contributed by atoms with van der Waals surface area (Å²) in [5.41, 5.74) is 2.30. The number of likely N-dealkylation sites (N-methyl/N-ethyl adjacent to an activating group) is 1. The summed E-state index contributed by atoms with van der Waals surface area (Å²) < 4.78 is 5.39. The third-order valence-electron chi connectivity index (χ3n) is 3.10. The van der Waals surface area contributed by atoms with Crippen LogP contribution in [-0.4, -0.2) is 24.8 Å². The molecule has 0 N–H and O–H groups in total. The van der Waals surface area contributed by atoms with Crippen molar-refractivity contribution in [1.29, 1.82) is 0 Å². The smallest absolute Gasteiger partial charge is 0.299 e. The Morgan fingerprint density at radius 2 is 2.19 bits per heavy atom. The molecular weight excluding hydrogens is 206 g/mol. The zero-order valence-corrected chi connectivity index (χ0v) is 8.95. The highest BCUT2D eigenvalue weighted by atomic mass is 16.5. The number of nitrogens with zero attached hydrogens (tertiary/aromatic N) is 1. The molecule has 0 aliphatic carbocycles. The number of fused-ring (bicyclic) bond motifs is 2. The fraction of sp³-hybridized carbons (Fsp3) is 0.333. The number of ketones is 1. The zero-order chi connectivity index (χ0) is 11.3. The molecule has 82 valence electrons. The molecule has 0 atom stereocenters. The van der Waals surface area contributed by atoms with Crippen LogP contribution in [0.4, 0.5) is 5.69 Å². The molecule has 3 rings (SSSR count). The van der Waals surface area contributed by atoms with E-state index in [0.717, 1.165) is 23.4 Å². The Morgan fingerprint density at radius 3 is 2.94 bits per heavy atom. The summed E-state index contributed by atoms with van der Waals surface area (Å²) in [6.07, 6.45) is 0.850. The van der Waals surface area contributed by atoms with Gasteiger partial charge in [0.05, 0.1) is 17.9 Å². The number of anilines is 1. The van der Waals surface area contributed by atoms with E-state index in [9.17, 15) is 9.59 Å². The Hall–Kier alpha value is -1.84. The van der Waals surface area contributed by atoms with Gasteiger partial charge in [-0.1, -0.05) is 0 Å². The van der Waals surface area contributed by atoms with Gasteiger partial charge in [0.25, 0.3) is 11.7 Å². The summed E-state index contributed by atoms with van der Waals surface area (Å²) in [4.78, 5) is 24.9. The van der Waals surface area contributed by atoms with Gasteiger partial charge in [-0.3, -0.25) is 9.59 Å². The lowest BCUT2D eigenvalue weighted by atomic mass is 10.1. The van der Waals surface area contributed by atoms with Crippen molar-refractivity contribution in [2.24, 2.45) is 0 Å². The number of rotatable bonds is 1. The zero-order valence-electron chi connectivity index (χ0n) is 8.95. The van der Waals surface area contributed by atoms with Gasteiger partial charge < -0.3 is 9.64 Å². The first-order valence-corrected chi connectivity index (χ1v) is 5.38. The summed E-state index contributed by atoms with van der Waals surface area (Å²) in [6, 6.07) is 3.61. The van der Waals surface area contributed by atoms with Gasteiger partial charge in [0, 0.05) is 13.0 Å². The standard InChI is InChI=1S/C12H11NO3/c1-2-13-9-5-7-3-4-16-10(7)6-8(9)11(14)12(13)15/h5-6H,2-4H2,1H3. The highest BCUT2D eigenvalue weighted by Gasteiger charge is 2.36. The monoisotopic (exact) mass is 217 g/mol. The molecule has 2 heterocycles. The molecule has 2 aliphatic heterocycles. The van der Waals surface area contributed by atoms with Crippen molar-refractivity contribution in [3.05, 3.63) is 23.3 Å². The second-order valence-corrected chi connectivity index (χ2v) is 3.95. The first-order chi connectivity index (χ1) is 7.72. The second kappa shape index (κ2) is 3.07. The summed E-state index contributed by atoms with van der Waals surface area (Å²) in [7, 11) is 0. The van der Waals surface area contributed by atoms with E-state index < -0.39 is 11.7 Å². The van der Waals surface area contributed by atoms with Gasteiger partial charge in [0.1, 0.15) is 5.75 Å². The Balaban J connectivity index is 2.20. The summed E-state index contributed by atoms with van der Waals surface area (Å²) >= 11 is 0. The molecule has 16 heavy (non-hydrogen) atoms. The highest BCUT2D eigenvalue weighted by molar-refractivity contribution is 6.52. The van der Waals surface area contributed by atoms with Crippen LogP contribution >= 0.6 is 0 Å². The SMILES string of the molecule is CCN1C(=O)C(=O)c2cc3c(cc21)CCO3. The number of hydrogen-bond acceptors (Lipinski definition) is 3. The maximum absolute atomic E-state index is 11.7. The van der Waals surface area contributed by atoms with Gasteiger partial charge in [-0.2, -0.15) is 0 Å². The first kappa shape index (κ1) is 9.39. The minimum atomic E-state index is -0.429. The maximum Gasteiger partial charge on any atom is 0.299 e. The van der Waals surface area contributed by atoms with Crippen LogP contribution in [0.2, 0.25) is 0 Å². The van der Waals surface area contributed by atoms with Gasteiger partial charge in [0.15, 0.2) is 0 Å². The van der Waals surface area contributed by atoms with Crippen molar-refractivity contribution in [3.63, 3.8) is 0 Å². The number of ether oxygens (including phenoxy) is 1. The molecule has 0 fully saturated rings. The molecule has 1 aromatic carbocycles. The topological polar surface area (TPSA) is 46.6 Å². The lowest BCUT2D eigenvalue weighted by Crippen LogP contribution is -2.29. The molecule has 4 heteroatoms. The molecule has 0 saturated heterocycles. The normalized spacial score (nSPS) is 17.4. The first-order valence-electron chi connectivity index (χ1n) is 5.38. The van der Waals surface area contributed by atoms with Gasteiger partial charge in [-0.25, -0.2) is 0 Å².